The largest absolute Gasteiger partial charge is 0.411 e. The summed E-state index contributed by atoms with van der Waals surface area (Å²) in [5.41, 5.74) is 3.71. The van der Waals surface area contributed by atoms with Crippen LogP contribution in [0.15, 0.2) is 23.4 Å². The Kier molecular flexibility index (Phi) is 4.04. The van der Waals surface area contributed by atoms with Gasteiger partial charge in [-0.1, -0.05) is 52.3 Å². The van der Waals surface area contributed by atoms with Crippen molar-refractivity contribution in [1.82, 2.24) is 0 Å². The van der Waals surface area contributed by atoms with Gasteiger partial charge in [-0.2, -0.15) is 0 Å². The van der Waals surface area contributed by atoms with Crippen LogP contribution in [0.1, 0.15) is 69.6 Å². The minimum atomic E-state index is -0.391. The maximum atomic E-state index is 11.0. The van der Waals surface area contributed by atoms with E-state index in [1.165, 1.54) is 16.7 Å². The molecule has 126 valence electrons. The molecule has 3 nitrogen and oxygen atoms in total. The Morgan fingerprint density at radius 1 is 1.26 bits per heavy atom. The van der Waals surface area contributed by atoms with Crippen molar-refractivity contribution < 1.29 is 10.3 Å². The van der Waals surface area contributed by atoms with Crippen LogP contribution in [0.4, 0.5) is 0 Å². The van der Waals surface area contributed by atoms with Gasteiger partial charge < -0.3 is 10.3 Å². The summed E-state index contributed by atoms with van der Waals surface area (Å²) in [6.45, 7) is 8.84. The molecule has 1 saturated carbocycles. The highest BCUT2D eigenvalue weighted by Gasteiger charge is 2.55. The molecule has 0 unspecified atom stereocenters. The van der Waals surface area contributed by atoms with Crippen LogP contribution in [0.25, 0.3) is 0 Å². The van der Waals surface area contributed by atoms with Crippen molar-refractivity contribution in [2.45, 2.75) is 70.8 Å². The van der Waals surface area contributed by atoms with E-state index in [0.29, 0.717) is 12.3 Å². The van der Waals surface area contributed by atoms with E-state index in [1.807, 2.05) is 0 Å². The number of benzene rings is 1. The van der Waals surface area contributed by atoms with Gasteiger partial charge in [0.25, 0.3) is 0 Å². The molecule has 2 N–H and O–H groups in total. The number of aliphatic hydroxyl groups is 1. The summed E-state index contributed by atoms with van der Waals surface area (Å²) >= 11 is 0. The highest BCUT2D eigenvalue weighted by molar-refractivity contribution is 5.66. The number of oxime groups is 1. The predicted molar refractivity (Wildman–Crippen MR) is 93.3 cm³/mol. The normalized spacial score (nSPS) is 37.0. The Morgan fingerprint density at radius 3 is 2.65 bits per heavy atom. The van der Waals surface area contributed by atoms with Gasteiger partial charge in [-0.25, -0.2) is 0 Å². The second-order valence-corrected chi connectivity index (χ2v) is 8.34. The molecule has 0 radical (unpaired) electrons. The molecule has 0 heterocycles. The number of nitrogens with zero attached hydrogens (tertiary/aromatic N) is 1. The van der Waals surface area contributed by atoms with E-state index in [0.717, 1.165) is 19.3 Å². The van der Waals surface area contributed by atoms with Crippen molar-refractivity contribution in [3.05, 3.63) is 34.9 Å². The number of fused-ring (bicyclic) bond motifs is 3. The Hall–Kier alpha value is -1.35. The SMILES string of the molecule is CC(C)c1ccc2c(c1)C[C@@H](O)[C@H]1[C@@](C)(/C=N/O)CCC[C@]21C. The van der Waals surface area contributed by atoms with Crippen LogP contribution < -0.4 is 0 Å². The third-order valence-corrected chi connectivity index (χ3v) is 6.39. The van der Waals surface area contributed by atoms with Crippen LogP contribution in [0.2, 0.25) is 0 Å². The highest BCUT2D eigenvalue weighted by atomic mass is 16.4. The predicted octanol–water partition coefficient (Wildman–Crippen LogP) is 4.25. The van der Waals surface area contributed by atoms with Crippen LogP contribution in [0, 0.1) is 11.3 Å². The second kappa shape index (κ2) is 5.62. The number of aliphatic hydroxyl groups excluding tert-OH is 1. The summed E-state index contributed by atoms with van der Waals surface area (Å²) in [5, 5.41) is 23.4. The molecule has 0 aliphatic heterocycles. The molecule has 1 fully saturated rings. The topological polar surface area (TPSA) is 52.8 Å². The van der Waals surface area contributed by atoms with Crippen LogP contribution >= 0.6 is 0 Å². The average Bonchev–Trinajstić information content (AvgIpc) is 2.46. The van der Waals surface area contributed by atoms with E-state index >= 15 is 0 Å². The van der Waals surface area contributed by atoms with E-state index in [9.17, 15) is 5.11 Å². The molecule has 0 spiro atoms. The van der Waals surface area contributed by atoms with Crippen LogP contribution in [0.3, 0.4) is 0 Å². The summed E-state index contributed by atoms with van der Waals surface area (Å²) in [7, 11) is 0. The minimum absolute atomic E-state index is 0.0588. The third-order valence-electron chi connectivity index (χ3n) is 6.39. The summed E-state index contributed by atoms with van der Waals surface area (Å²) in [6.07, 6.45) is 5.11. The molecule has 23 heavy (non-hydrogen) atoms. The van der Waals surface area contributed by atoms with E-state index in [4.69, 9.17) is 5.21 Å². The molecule has 3 heteroatoms. The Balaban J connectivity index is 2.12. The minimum Gasteiger partial charge on any atom is -0.411 e. The first kappa shape index (κ1) is 16.5. The van der Waals surface area contributed by atoms with E-state index in [1.54, 1.807) is 6.21 Å². The zero-order valence-electron chi connectivity index (χ0n) is 14.7. The van der Waals surface area contributed by atoms with Gasteiger partial charge in [-0.05, 0) is 47.3 Å². The molecule has 1 aromatic carbocycles. The molecule has 0 bridgehead atoms. The van der Waals surface area contributed by atoms with Crippen LogP contribution in [0.5, 0.6) is 0 Å². The summed E-state index contributed by atoms with van der Waals surface area (Å²) in [4.78, 5) is 0. The monoisotopic (exact) mass is 315 g/mol. The standard InChI is InChI=1S/C20H29NO2/c1-13(2)14-6-7-16-15(10-14)11-17(22)18-19(3,12-21-23)8-5-9-20(16,18)4/h6-7,10,12-13,17-18,22-23H,5,8-9,11H2,1-4H3/b21-12+/t17-,18+,19-,20-/m1/s1. The molecule has 0 saturated heterocycles. The first-order valence-electron chi connectivity index (χ1n) is 8.82. The lowest BCUT2D eigenvalue weighted by molar-refractivity contribution is -0.0302. The van der Waals surface area contributed by atoms with Crippen molar-refractivity contribution in [3.63, 3.8) is 0 Å². The average molecular weight is 315 g/mol. The molecule has 3 rings (SSSR count). The summed E-state index contributed by atoms with van der Waals surface area (Å²) in [6, 6.07) is 6.82. The van der Waals surface area contributed by atoms with Gasteiger partial charge >= 0.3 is 0 Å². The van der Waals surface area contributed by atoms with Crippen molar-refractivity contribution in [2.24, 2.45) is 16.5 Å². The lowest BCUT2D eigenvalue weighted by Gasteiger charge is -2.55. The van der Waals surface area contributed by atoms with Crippen LogP contribution in [-0.4, -0.2) is 22.6 Å². The molecular formula is C20H29NO2. The first-order valence-corrected chi connectivity index (χ1v) is 8.82. The number of hydrogen-bond donors (Lipinski definition) is 2. The fourth-order valence-electron chi connectivity index (χ4n) is 5.36. The van der Waals surface area contributed by atoms with E-state index in [-0.39, 0.29) is 16.7 Å². The quantitative estimate of drug-likeness (QED) is 0.487. The molecule has 0 aromatic heterocycles. The third kappa shape index (κ3) is 2.50. The lowest BCUT2D eigenvalue weighted by atomic mass is 9.49. The molecule has 0 amide bonds. The van der Waals surface area contributed by atoms with Gasteiger partial charge in [0, 0.05) is 17.5 Å². The Labute approximate surface area is 139 Å². The molecule has 2 aliphatic carbocycles. The fourth-order valence-corrected chi connectivity index (χ4v) is 5.36. The van der Waals surface area contributed by atoms with Crippen molar-refractivity contribution >= 4 is 6.21 Å². The van der Waals surface area contributed by atoms with Crippen LogP contribution in [-0.2, 0) is 11.8 Å². The highest BCUT2D eigenvalue weighted by Crippen LogP contribution is 2.56. The van der Waals surface area contributed by atoms with Gasteiger partial charge in [-0.15, -0.1) is 5.16 Å². The first-order chi connectivity index (χ1) is 10.8. The molecular weight excluding hydrogens is 286 g/mol. The Bertz CT molecular complexity index is 624. The maximum Gasteiger partial charge on any atom is 0.0626 e. The van der Waals surface area contributed by atoms with E-state index in [2.05, 4.69) is 51.0 Å². The van der Waals surface area contributed by atoms with Crippen molar-refractivity contribution in [3.8, 4) is 0 Å². The number of rotatable bonds is 2. The fraction of sp³-hybridized carbons (Fsp3) is 0.650. The van der Waals surface area contributed by atoms with Gasteiger partial charge in [0.2, 0.25) is 0 Å². The zero-order chi connectivity index (χ0) is 16.8. The smallest absolute Gasteiger partial charge is 0.0626 e. The molecule has 2 aliphatic rings. The van der Waals surface area contributed by atoms with Gasteiger partial charge in [-0.3, -0.25) is 0 Å². The van der Waals surface area contributed by atoms with Gasteiger partial charge in [0.05, 0.1) is 6.10 Å². The summed E-state index contributed by atoms with van der Waals surface area (Å²) < 4.78 is 0. The lowest BCUT2D eigenvalue weighted by Crippen LogP contribution is -2.56. The summed E-state index contributed by atoms with van der Waals surface area (Å²) in [5.74, 6) is 0.596. The molecule has 1 aromatic rings. The van der Waals surface area contributed by atoms with Gasteiger partial charge in [0.1, 0.15) is 0 Å². The van der Waals surface area contributed by atoms with Gasteiger partial charge in [0.15, 0.2) is 0 Å². The second-order valence-electron chi connectivity index (χ2n) is 8.34. The van der Waals surface area contributed by atoms with E-state index < -0.39 is 6.10 Å². The zero-order valence-corrected chi connectivity index (χ0v) is 14.7. The molecule has 4 atom stereocenters. The number of hydrogen-bond acceptors (Lipinski definition) is 3. The Morgan fingerprint density at radius 2 is 2.00 bits per heavy atom. The van der Waals surface area contributed by atoms with Crippen molar-refractivity contribution in [1.29, 1.82) is 0 Å². The maximum absolute atomic E-state index is 11.0. The van der Waals surface area contributed by atoms with Crippen molar-refractivity contribution in [2.75, 3.05) is 0 Å².